The van der Waals surface area contributed by atoms with Crippen molar-refractivity contribution in [2.24, 2.45) is 0 Å². The zero-order chi connectivity index (χ0) is 22.9. The summed E-state index contributed by atoms with van der Waals surface area (Å²) in [6, 6.07) is 18.8. The molecule has 6 heteroatoms. The van der Waals surface area contributed by atoms with Gasteiger partial charge in [-0.3, -0.25) is 0 Å². The lowest BCUT2D eigenvalue weighted by Gasteiger charge is -2.18. The molecule has 0 unspecified atom stereocenters. The number of rotatable bonds is 11. The van der Waals surface area contributed by atoms with Gasteiger partial charge in [0.2, 0.25) is 0 Å². The van der Waals surface area contributed by atoms with Crippen LogP contribution in [-0.2, 0) is 19.6 Å². The molecule has 0 fully saturated rings. The van der Waals surface area contributed by atoms with Gasteiger partial charge >= 0.3 is 0 Å². The molecule has 3 aromatic carbocycles. The Kier molecular flexibility index (Phi) is 9.22. The molecule has 3 rings (SSSR count). The van der Waals surface area contributed by atoms with E-state index in [0.29, 0.717) is 46.3 Å². The highest BCUT2D eigenvalue weighted by Gasteiger charge is 2.14. The van der Waals surface area contributed by atoms with E-state index in [-0.39, 0.29) is 12.4 Å². The number of halogens is 3. The third kappa shape index (κ3) is 7.13. The summed E-state index contributed by atoms with van der Waals surface area (Å²) in [5.74, 6) is 0.642. The molecule has 0 radical (unpaired) electrons. The Morgan fingerprint density at radius 3 is 2.44 bits per heavy atom. The van der Waals surface area contributed by atoms with Crippen LogP contribution < -0.4 is 14.8 Å². The molecule has 170 valence electrons. The second kappa shape index (κ2) is 12.1. The van der Waals surface area contributed by atoms with E-state index in [9.17, 15) is 4.39 Å². The van der Waals surface area contributed by atoms with E-state index in [1.807, 2.05) is 25.1 Å². The standard InChI is InChI=1S/C26H28Cl2FNO2/c1-3-31-25-14-20(16-30-18(2)9-10-19-7-5-4-6-8-19)13-24(28)26(25)32-17-21-11-12-22(29)15-23(21)27/h4-8,11-15,18,30H,3,9-10,16-17H2,1-2H3/t18-/m1/s1. The Morgan fingerprint density at radius 1 is 0.938 bits per heavy atom. The average Bonchev–Trinajstić information content (AvgIpc) is 2.78. The highest BCUT2D eigenvalue weighted by atomic mass is 35.5. The van der Waals surface area contributed by atoms with E-state index in [1.165, 1.54) is 17.7 Å². The highest BCUT2D eigenvalue weighted by Crippen LogP contribution is 2.37. The predicted octanol–water partition coefficient (Wildman–Crippen LogP) is 7.22. The lowest BCUT2D eigenvalue weighted by Crippen LogP contribution is -2.26. The van der Waals surface area contributed by atoms with E-state index in [2.05, 4.69) is 36.5 Å². The van der Waals surface area contributed by atoms with Gasteiger partial charge in [-0.05, 0) is 62.1 Å². The second-order valence-electron chi connectivity index (χ2n) is 7.67. The zero-order valence-electron chi connectivity index (χ0n) is 18.3. The number of hydrogen-bond acceptors (Lipinski definition) is 3. The maximum atomic E-state index is 13.3. The minimum absolute atomic E-state index is 0.160. The van der Waals surface area contributed by atoms with E-state index >= 15 is 0 Å². The summed E-state index contributed by atoms with van der Waals surface area (Å²) in [6.07, 6.45) is 2.06. The SMILES string of the molecule is CCOc1cc(CN[C@H](C)CCc2ccccc2)cc(Cl)c1OCc1ccc(F)cc1Cl. The van der Waals surface area contributed by atoms with Crippen molar-refractivity contribution in [2.45, 2.75) is 45.9 Å². The summed E-state index contributed by atoms with van der Waals surface area (Å²) in [5.41, 5.74) is 3.02. The summed E-state index contributed by atoms with van der Waals surface area (Å²) in [6.45, 7) is 5.39. The van der Waals surface area contributed by atoms with E-state index in [1.54, 1.807) is 6.07 Å². The van der Waals surface area contributed by atoms with Crippen LogP contribution in [0.1, 0.15) is 37.0 Å². The zero-order valence-corrected chi connectivity index (χ0v) is 19.8. The predicted molar refractivity (Wildman–Crippen MR) is 129 cm³/mol. The van der Waals surface area contributed by atoms with Gasteiger partial charge in [0.1, 0.15) is 12.4 Å². The first-order valence-electron chi connectivity index (χ1n) is 10.8. The average molecular weight is 476 g/mol. The van der Waals surface area contributed by atoms with Crippen LogP contribution in [0.2, 0.25) is 10.0 Å². The fourth-order valence-corrected chi connectivity index (χ4v) is 3.85. The molecule has 32 heavy (non-hydrogen) atoms. The largest absolute Gasteiger partial charge is 0.490 e. The van der Waals surface area contributed by atoms with Crippen molar-refractivity contribution in [3.05, 3.63) is 93.2 Å². The van der Waals surface area contributed by atoms with Gasteiger partial charge < -0.3 is 14.8 Å². The third-order valence-corrected chi connectivity index (χ3v) is 5.75. The summed E-state index contributed by atoms with van der Waals surface area (Å²) in [4.78, 5) is 0. The molecular formula is C26H28Cl2FNO2. The van der Waals surface area contributed by atoms with Crippen molar-refractivity contribution in [3.63, 3.8) is 0 Å². The topological polar surface area (TPSA) is 30.5 Å². The van der Waals surface area contributed by atoms with Gasteiger partial charge in [-0.1, -0.05) is 59.6 Å². The van der Waals surface area contributed by atoms with Gasteiger partial charge in [0.15, 0.2) is 11.5 Å². The molecule has 0 aliphatic rings. The summed E-state index contributed by atoms with van der Waals surface area (Å²) < 4.78 is 25.0. The van der Waals surface area contributed by atoms with Crippen molar-refractivity contribution in [3.8, 4) is 11.5 Å². The smallest absolute Gasteiger partial charge is 0.180 e. The van der Waals surface area contributed by atoms with Crippen LogP contribution in [0.15, 0.2) is 60.7 Å². The first-order valence-corrected chi connectivity index (χ1v) is 11.5. The van der Waals surface area contributed by atoms with E-state index < -0.39 is 0 Å². The molecule has 0 saturated heterocycles. The fourth-order valence-electron chi connectivity index (χ4n) is 3.34. The summed E-state index contributed by atoms with van der Waals surface area (Å²) >= 11 is 12.6. The third-order valence-electron chi connectivity index (χ3n) is 5.12. The number of hydrogen-bond donors (Lipinski definition) is 1. The summed E-state index contributed by atoms with van der Waals surface area (Å²) in [5, 5.41) is 4.32. The minimum atomic E-state index is -0.387. The molecule has 3 aromatic rings. The van der Waals surface area contributed by atoms with Crippen LogP contribution in [0.5, 0.6) is 11.5 Å². The fraction of sp³-hybridized carbons (Fsp3) is 0.308. The Balaban J connectivity index is 1.62. The molecule has 0 heterocycles. The van der Waals surface area contributed by atoms with Crippen molar-refractivity contribution in [2.75, 3.05) is 6.61 Å². The van der Waals surface area contributed by atoms with E-state index in [0.717, 1.165) is 18.4 Å². The molecule has 0 aliphatic carbocycles. The Hall–Kier alpha value is -2.27. The maximum absolute atomic E-state index is 13.3. The lowest BCUT2D eigenvalue weighted by molar-refractivity contribution is 0.269. The van der Waals surface area contributed by atoms with Crippen LogP contribution in [0, 0.1) is 5.82 Å². The van der Waals surface area contributed by atoms with Gasteiger partial charge in [-0.15, -0.1) is 0 Å². The second-order valence-corrected chi connectivity index (χ2v) is 8.48. The monoisotopic (exact) mass is 475 g/mol. The van der Waals surface area contributed by atoms with Crippen molar-refractivity contribution in [1.29, 1.82) is 0 Å². The minimum Gasteiger partial charge on any atom is -0.490 e. The van der Waals surface area contributed by atoms with E-state index in [4.69, 9.17) is 32.7 Å². The highest BCUT2D eigenvalue weighted by molar-refractivity contribution is 6.32. The molecule has 0 saturated carbocycles. The molecule has 0 bridgehead atoms. The van der Waals surface area contributed by atoms with Crippen molar-refractivity contribution >= 4 is 23.2 Å². The Labute approximate surface area is 199 Å². The first kappa shape index (κ1) is 24.4. The van der Waals surface area contributed by atoms with Gasteiger partial charge in [-0.2, -0.15) is 0 Å². The molecule has 0 aliphatic heterocycles. The lowest BCUT2D eigenvalue weighted by atomic mass is 10.1. The molecular weight excluding hydrogens is 448 g/mol. The van der Waals surface area contributed by atoms with Gasteiger partial charge in [0, 0.05) is 18.2 Å². The normalized spacial score (nSPS) is 11.9. The first-order chi connectivity index (χ1) is 15.5. The quantitative estimate of drug-likeness (QED) is 0.317. The van der Waals surface area contributed by atoms with Crippen LogP contribution in [0.3, 0.4) is 0 Å². The molecule has 0 spiro atoms. The van der Waals surface area contributed by atoms with Crippen LogP contribution in [0.25, 0.3) is 0 Å². The molecule has 0 amide bonds. The maximum Gasteiger partial charge on any atom is 0.180 e. The summed E-state index contributed by atoms with van der Waals surface area (Å²) in [7, 11) is 0. The number of aryl methyl sites for hydroxylation is 1. The van der Waals surface area contributed by atoms with Crippen LogP contribution in [0.4, 0.5) is 4.39 Å². The number of benzene rings is 3. The van der Waals surface area contributed by atoms with Crippen LogP contribution in [-0.4, -0.2) is 12.6 Å². The Bertz CT molecular complexity index is 1010. The molecule has 1 N–H and O–H groups in total. The molecule has 0 aromatic heterocycles. The number of nitrogens with one attached hydrogen (secondary N) is 1. The molecule has 3 nitrogen and oxygen atoms in total. The van der Waals surface area contributed by atoms with Crippen molar-refractivity contribution in [1.82, 2.24) is 5.32 Å². The van der Waals surface area contributed by atoms with Gasteiger partial charge in [-0.25, -0.2) is 4.39 Å². The Morgan fingerprint density at radius 2 is 1.72 bits per heavy atom. The van der Waals surface area contributed by atoms with Crippen molar-refractivity contribution < 1.29 is 13.9 Å². The van der Waals surface area contributed by atoms with Gasteiger partial charge in [0.25, 0.3) is 0 Å². The number of ether oxygens (including phenoxy) is 2. The van der Waals surface area contributed by atoms with Gasteiger partial charge in [0.05, 0.1) is 16.7 Å². The van der Waals surface area contributed by atoms with Crippen LogP contribution >= 0.6 is 23.2 Å². The molecule has 1 atom stereocenters.